The molecule has 0 amide bonds. The van der Waals surface area contributed by atoms with E-state index in [1.54, 1.807) is 37.3 Å². The van der Waals surface area contributed by atoms with Crippen LogP contribution in [0.2, 0.25) is 0 Å². The largest absolute Gasteiger partial charge is 1.00 e. The first-order chi connectivity index (χ1) is 12.0. The van der Waals surface area contributed by atoms with Gasteiger partial charge in [0.15, 0.2) is 14.5 Å². The first kappa shape index (κ1) is 22.4. The maximum atomic E-state index is 12.7. The number of sulfone groups is 1. The third-order valence-corrected chi connectivity index (χ3v) is 6.27. The summed E-state index contributed by atoms with van der Waals surface area (Å²) in [6.45, 7) is 2.03. The van der Waals surface area contributed by atoms with Crippen LogP contribution in [0, 0.1) is 34.6 Å². The zero-order valence-electron chi connectivity index (χ0n) is 14.3. The fourth-order valence-corrected chi connectivity index (χ4v) is 4.20. The first-order valence-electron chi connectivity index (χ1n) is 7.37. The van der Waals surface area contributed by atoms with Gasteiger partial charge in [0, 0.05) is 6.20 Å². The monoisotopic (exact) mass is 399 g/mol. The van der Waals surface area contributed by atoms with Crippen molar-refractivity contribution >= 4 is 21.4 Å². The second-order valence-electron chi connectivity index (χ2n) is 5.02. The van der Waals surface area contributed by atoms with Crippen LogP contribution in [-0.4, -0.2) is 24.6 Å². The van der Waals surface area contributed by atoms with Crippen molar-refractivity contribution in [2.75, 3.05) is 6.61 Å². The number of nitrogens with zero attached hydrogens (tertiary/aromatic N) is 3. The average molecular weight is 400 g/mol. The second kappa shape index (κ2) is 9.91. The molecular weight excluding hydrogens is 385 g/mol. The minimum atomic E-state index is -3.80. The number of rotatable bonds is 6. The Kier molecular flexibility index (Phi) is 8.55. The fourth-order valence-electron chi connectivity index (χ4n) is 2.28. The Morgan fingerprint density at radius 3 is 2.46 bits per heavy atom. The first-order valence-corrected chi connectivity index (χ1v) is 9.35. The van der Waals surface area contributed by atoms with Gasteiger partial charge < -0.3 is 9.64 Å². The van der Waals surface area contributed by atoms with E-state index in [2.05, 4.69) is 0 Å². The van der Waals surface area contributed by atoms with Crippen molar-refractivity contribution in [3.05, 3.63) is 60.6 Å². The molecule has 0 saturated heterocycles. The van der Waals surface area contributed by atoms with Crippen molar-refractivity contribution in [3.63, 3.8) is 0 Å². The van der Waals surface area contributed by atoms with Crippen LogP contribution in [-0.2, 0) is 14.6 Å². The quantitative estimate of drug-likeness (QED) is 0.377. The van der Waals surface area contributed by atoms with E-state index in [1.165, 1.54) is 35.5 Å². The van der Waals surface area contributed by atoms with Gasteiger partial charge in [0.05, 0.1) is 17.4 Å². The van der Waals surface area contributed by atoms with Gasteiger partial charge in [-0.25, -0.2) is 18.9 Å². The number of benzene rings is 1. The Morgan fingerprint density at radius 2 is 1.92 bits per heavy atom. The molecule has 2 atom stereocenters. The minimum Gasteiger partial charge on any atom is -0.496 e. The maximum Gasteiger partial charge on any atom is 1.00 e. The van der Waals surface area contributed by atoms with Crippen LogP contribution < -0.4 is 29.6 Å². The van der Waals surface area contributed by atoms with Crippen molar-refractivity contribution in [2.45, 2.75) is 16.5 Å². The summed E-state index contributed by atoms with van der Waals surface area (Å²) in [6.07, 6.45) is 4.36. The van der Waals surface area contributed by atoms with Crippen LogP contribution >= 0.6 is 11.6 Å². The molecule has 0 bridgehead atoms. The van der Waals surface area contributed by atoms with Gasteiger partial charge >= 0.3 is 29.6 Å². The van der Waals surface area contributed by atoms with Crippen LogP contribution in [0.4, 0.5) is 0 Å². The fraction of sp³-hybridized carbons (Fsp3) is 0.235. The number of hydrogen-bond acceptors (Lipinski definition) is 6. The van der Waals surface area contributed by atoms with Gasteiger partial charge in [-0.1, -0.05) is 42.5 Å². The van der Waals surface area contributed by atoms with E-state index in [1.807, 2.05) is 0 Å². The summed E-state index contributed by atoms with van der Waals surface area (Å²) < 4.78 is 29.7. The standard InChI is InChI=1S/C17H15ClN3O3S.Na/c1-2-24-16-12-21(13(10-19)11-20)9-8-15(16)17(18)25(22,23)14-6-4-3-5-7-14;/h3-9,12,15,17H,2H2,1H3;/q-1;+1. The van der Waals surface area contributed by atoms with E-state index in [0.29, 0.717) is 0 Å². The molecule has 1 heterocycles. The van der Waals surface area contributed by atoms with E-state index in [4.69, 9.17) is 26.9 Å². The van der Waals surface area contributed by atoms with Crippen LogP contribution in [0.3, 0.4) is 0 Å². The van der Waals surface area contributed by atoms with E-state index < -0.39 is 20.5 Å². The normalized spacial score (nSPS) is 17.2. The number of hydrogen-bond donors (Lipinski definition) is 0. The number of allylic oxidation sites excluding steroid dienone is 1. The maximum absolute atomic E-state index is 12.7. The summed E-state index contributed by atoms with van der Waals surface area (Å²) in [5, 5.41) is 17.9. The van der Waals surface area contributed by atoms with E-state index in [-0.39, 0.29) is 52.9 Å². The zero-order valence-corrected chi connectivity index (χ0v) is 17.9. The third-order valence-electron chi connectivity index (χ3n) is 3.48. The molecule has 1 aliphatic rings. The van der Waals surface area contributed by atoms with Crippen molar-refractivity contribution in [1.82, 2.24) is 4.90 Å². The Hall–Kier alpha value is -1.61. The summed E-state index contributed by atoms with van der Waals surface area (Å²) in [4.78, 5) is 1.39. The number of ether oxygens (including phenoxy) is 1. The molecule has 0 spiro atoms. The molecule has 0 saturated carbocycles. The van der Waals surface area contributed by atoms with Crippen LogP contribution in [0.15, 0.2) is 59.5 Å². The molecule has 130 valence electrons. The van der Waals surface area contributed by atoms with Gasteiger partial charge in [-0.15, -0.1) is 11.6 Å². The summed E-state index contributed by atoms with van der Waals surface area (Å²) in [5.41, 5.74) is 0. The Labute approximate surface area is 180 Å². The summed E-state index contributed by atoms with van der Waals surface area (Å²) in [6, 6.07) is 11.3. The Bertz CT molecular complexity index is 845. The summed E-state index contributed by atoms with van der Waals surface area (Å²) in [7, 11) is -3.80. The Balaban J connectivity index is 0.00000338. The van der Waals surface area contributed by atoms with Crippen molar-refractivity contribution < 1.29 is 42.7 Å². The van der Waals surface area contributed by atoms with Crippen molar-refractivity contribution in [3.8, 4) is 12.1 Å². The molecule has 26 heavy (non-hydrogen) atoms. The molecule has 9 heteroatoms. The molecule has 0 aliphatic carbocycles. The van der Waals surface area contributed by atoms with Crippen LogP contribution in [0.25, 0.3) is 0 Å². The third kappa shape index (κ3) is 4.76. The SMILES string of the molecule is CCOC1=CN([C-](C#N)C#N)C=CC1C(Cl)S(=O)(=O)c1ccccc1.[Na+]. The molecule has 0 aromatic heterocycles. The molecular formula is C17H15ClN3NaO3S. The topological polar surface area (TPSA) is 94.2 Å². The average Bonchev–Trinajstić information content (AvgIpc) is 2.63. The molecule has 0 N–H and O–H groups in total. The Morgan fingerprint density at radius 1 is 1.31 bits per heavy atom. The van der Waals surface area contributed by atoms with Gasteiger partial charge in [0.1, 0.15) is 5.76 Å². The molecule has 2 unspecified atom stereocenters. The molecule has 1 aliphatic heterocycles. The number of nitriles is 2. The van der Waals surface area contributed by atoms with E-state index in [9.17, 15) is 8.42 Å². The molecule has 1 aromatic rings. The molecule has 2 rings (SSSR count). The van der Waals surface area contributed by atoms with Crippen LogP contribution in [0.1, 0.15) is 6.92 Å². The minimum absolute atomic E-state index is 0. The number of alkyl halides is 1. The summed E-state index contributed by atoms with van der Waals surface area (Å²) in [5.74, 6) is -0.478. The molecule has 0 fully saturated rings. The predicted molar refractivity (Wildman–Crippen MR) is 91.9 cm³/mol. The van der Waals surface area contributed by atoms with Gasteiger partial charge in [0.2, 0.25) is 0 Å². The van der Waals surface area contributed by atoms with Gasteiger partial charge in [0.25, 0.3) is 0 Å². The van der Waals surface area contributed by atoms with Crippen molar-refractivity contribution in [1.29, 1.82) is 10.5 Å². The van der Waals surface area contributed by atoms with Crippen LogP contribution in [0.5, 0.6) is 0 Å². The molecule has 6 nitrogen and oxygen atoms in total. The second-order valence-corrected chi connectivity index (χ2v) is 7.82. The zero-order chi connectivity index (χ0) is 18.4. The van der Waals surface area contributed by atoms with E-state index in [0.717, 1.165) is 0 Å². The van der Waals surface area contributed by atoms with Gasteiger partial charge in [-0.2, -0.15) is 0 Å². The molecule has 1 aromatic carbocycles. The number of halogens is 1. The molecule has 0 radical (unpaired) electrons. The predicted octanol–water partition coefficient (Wildman–Crippen LogP) is -0.0682. The van der Waals surface area contributed by atoms with Crippen molar-refractivity contribution in [2.24, 2.45) is 5.92 Å². The summed E-state index contributed by atoms with van der Waals surface area (Å²) >= 11 is 6.30. The smallest absolute Gasteiger partial charge is 0.496 e. The van der Waals surface area contributed by atoms with Gasteiger partial charge in [-0.05, 0) is 25.3 Å². The van der Waals surface area contributed by atoms with E-state index >= 15 is 0 Å². The van der Waals surface area contributed by atoms with Gasteiger partial charge in [-0.3, -0.25) is 0 Å².